The molecule has 3 heterocycles. The van der Waals surface area contributed by atoms with Gasteiger partial charge in [0.1, 0.15) is 11.3 Å². The maximum atomic E-state index is 12.9. The van der Waals surface area contributed by atoms with Crippen molar-refractivity contribution in [2.24, 2.45) is 0 Å². The van der Waals surface area contributed by atoms with Gasteiger partial charge in [0, 0.05) is 55.4 Å². The molecule has 7 nitrogen and oxygen atoms in total. The van der Waals surface area contributed by atoms with Crippen LogP contribution in [0, 0.1) is 0 Å². The van der Waals surface area contributed by atoms with Crippen molar-refractivity contribution in [1.82, 2.24) is 14.9 Å². The Bertz CT molecular complexity index is 1150. The number of carbonyl (C=O) groups excluding carboxylic acids is 1. The summed E-state index contributed by atoms with van der Waals surface area (Å²) in [5, 5.41) is 0.782. The van der Waals surface area contributed by atoms with Crippen LogP contribution >= 0.6 is 0 Å². The van der Waals surface area contributed by atoms with Gasteiger partial charge in [-0.3, -0.25) is 14.8 Å². The third-order valence-corrected chi connectivity index (χ3v) is 4.53. The van der Waals surface area contributed by atoms with Crippen LogP contribution in [-0.2, 0) is 17.9 Å². The highest BCUT2D eigenvalue weighted by Crippen LogP contribution is 2.20. The summed E-state index contributed by atoms with van der Waals surface area (Å²) in [7, 11) is 0. The first kappa shape index (κ1) is 19.3. The second-order valence-electron chi connectivity index (χ2n) is 6.71. The van der Waals surface area contributed by atoms with Gasteiger partial charge < -0.3 is 14.1 Å². The van der Waals surface area contributed by atoms with Crippen LogP contribution < -0.4 is 10.4 Å². The summed E-state index contributed by atoms with van der Waals surface area (Å²) in [5.74, 6) is 0.278. The molecule has 0 aliphatic carbocycles. The van der Waals surface area contributed by atoms with E-state index in [1.165, 1.54) is 6.07 Å². The number of ether oxygens (including phenoxy) is 1. The molecule has 0 saturated carbocycles. The summed E-state index contributed by atoms with van der Waals surface area (Å²) >= 11 is 0. The van der Waals surface area contributed by atoms with E-state index in [9.17, 15) is 9.59 Å². The van der Waals surface area contributed by atoms with Crippen LogP contribution in [0.1, 0.15) is 11.1 Å². The predicted octanol–water partition coefficient (Wildman–Crippen LogP) is 3.19. The van der Waals surface area contributed by atoms with Crippen LogP contribution in [-0.4, -0.2) is 27.4 Å². The average Bonchev–Trinajstić information content (AvgIpc) is 2.78. The third-order valence-electron chi connectivity index (χ3n) is 4.53. The lowest BCUT2D eigenvalue weighted by atomic mass is 10.2. The molecule has 7 heteroatoms. The second kappa shape index (κ2) is 9.00. The van der Waals surface area contributed by atoms with Crippen LogP contribution in [0.2, 0.25) is 0 Å². The number of rotatable bonds is 7. The molecule has 1 aromatic carbocycles. The summed E-state index contributed by atoms with van der Waals surface area (Å²) in [6.07, 6.45) is 6.82. The molecule has 0 atom stereocenters. The maximum absolute atomic E-state index is 12.9. The fourth-order valence-electron chi connectivity index (χ4n) is 3.02. The third kappa shape index (κ3) is 4.88. The number of hydrogen-bond acceptors (Lipinski definition) is 6. The van der Waals surface area contributed by atoms with Crippen molar-refractivity contribution in [2.45, 2.75) is 13.1 Å². The van der Waals surface area contributed by atoms with E-state index in [2.05, 4.69) is 9.97 Å². The first-order chi connectivity index (χ1) is 14.7. The molecule has 0 N–H and O–H groups in total. The quantitative estimate of drug-likeness (QED) is 0.442. The minimum Gasteiger partial charge on any atom is -0.484 e. The monoisotopic (exact) mass is 401 g/mol. The van der Waals surface area contributed by atoms with Gasteiger partial charge in [-0.05, 0) is 47.5 Å². The summed E-state index contributed by atoms with van der Waals surface area (Å²) in [6, 6.07) is 15.7. The second-order valence-corrected chi connectivity index (χ2v) is 6.71. The lowest BCUT2D eigenvalue weighted by Gasteiger charge is -2.23. The molecule has 4 aromatic rings. The van der Waals surface area contributed by atoms with Crippen LogP contribution in [0.4, 0.5) is 0 Å². The van der Waals surface area contributed by atoms with Gasteiger partial charge in [-0.15, -0.1) is 0 Å². The number of aromatic nitrogens is 2. The van der Waals surface area contributed by atoms with Crippen molar-refractivity contribution in [3.8, 4) is 5.75 Å². The molecule has 150 valence electrons. The van der Waals surface area contributed by atoms with E-state index in [0.717, 1.165) is 16.5 Å². The Morgan fingerprint density at radius 2 is 1.73 bits per heavy atom. The smallest absolute Gasteiger partial charge is 0.336 e. The van der Waals surface area contributed by atoms with Crippen LogP contribution in [0.15, 0.2) is 88.6 Å². The number of hydrogen-bond donors (Lipinski definition) is 0. The maximum Gasteiger partial charge on any atom is 0.336 e. The van der Waals surface area contributed by atoms with Crippen molar-refractivity contribution in [3.05, 3.63) is 101 Å². The molecule has 0 saturated heterocycles. The molecule has 1 amide bonds. The van der Waals surface area contributed by atoms with Crippen molar-refractivity contribution in [1.29, 1.82) is 0 Å². The molecule has 30 heavy (non-hydrogen) atoms. The standard InChI is InChI=1S/C23H19N3O4/c27-22(16-29-20-5-3-19-4-6-23(28)30-21(19)12-20)26(14-17-7-10-24-11-8-17)15-18-2-1-9-25-13-18/h1-13H,14-16H2. The fourth-order valence-corrected chi connectivity index (χ4v) is 3.02. The van der Waals surface area contributed by atoms with Gasteiger partial charge in [0.15, 0.2) is 6.61 Å². The minimum absolute atomic E-state index is 0.145. The molecular weight excluding hydrogens is 382 g/mol. The molecule has 3 aromatic heterocycles. The Kier molecular flexibility index (Phi) is 5.80. The topological polar surface area (TPSA) is 85.5 Å². The average molecular weight is 401 g/mol. The van der Waals surface area contributed by atoms with Gasteiger partial charge in [0.2, 0.25) is 0 Å². The van der Waals surface area contributed by atoms with E-state index in [1.807, 2.05) is 24.3 Å². The first-order valence-electron chi connectivity index (χ1n) is 9.40. The number of benzene rings is 1. The zero-order chi connectivity index (χ0) is 20.8. The van der Waals surface area contributed by atoms with E-state index in [4.69, 9.17) is 9.15 Å². The van der Waals surface area contributed by atoms with E-state index in [0.29, 0.717) is 24.4 Å². The summed E-state index contributed by atoms with van der Waals surface area (Å²) in [4.78, 5) is 34.2. The number of fused-ring (bicyclic) bond motifs is 1. The van der Waals surface area contributed by atoms with Crippen molar-refractivity contribution in [3.63, 3.8) is 0 Å². The molecule has 0 radical (unpaired) electrons. The minimum atomic E-state index is -0.435. The van der Waals surface area contributed by atoms with Gasteiger partial charge >= 0.3 is 5.63 Å². The largest absolute Gasteiger partial charge is 0.484 e. The highest BCUT2D eigenvalue weighted by molar-refractivity contribution is 5.79. The molecule has 0 fully saturated rings. The SMILES string of the molecule is O=C(COc1ccc2ccc(=O)oc2c1)N(Cc1ccncc1)Cc1cccnc1. The predicted molar refractivity (Wildman–Crippen MR) is 111 cm³/mol. The molecule has 0 spiro atoms. The Hall–Kier alpha value is -4.00. The van der Waals surface area contributed by atoms with Gasteiger partial charge in [-0.2, -0.15) is 0 Å². The van der Waals surface area contributed by atoms with Crippen molar-refractivity contribution in [2.75, 3.05) is 6.61 Å². The molecule has 0 unspecified atom stereocenters. The van der Waals surface area contributed by atoms with Crippen LogP contribution in [0.5, 0.6) is 5.75 Å². The lowest BCUT2D eigenvalue weighted by molar-refractivity contribution is -0.134. The highest BCUT2D eigenvalue weighted by atomic mass is 16.5. The first-order valence-corrected chi connectivity index (χ1v) is 9.40. The van der Waals surface area contributed by atoms with Crippen LogP contribution in [0.25, 0.3) is 11.0 Å². The molecular formula is C23H19N3O4. The Morgan fingerprint density at radius 1 is 0.933 bits per heavy atom. The normalized spacial score (nSPS) is 10.7. The van der Waals surface area contributed by atoms with Gasteiger partial charge in [0.25, 0.3) is 5.91 Å². The number of pyridine rings is 2. The van der Waals surface area contributed by atoms with Gasteiger partial charge in [-0.1, -0.05) is 6.07 Å². The summed E-state index contributed by atoms with van der Waals surface area (Å²) < 4.78 is 10.9. The molecule has 0 bridgehead atoms. The van der Waals surface area contributed by atoms with Crippen molar-refractivity contribution >= 4 is 16.9 Å². The van der Waals surface area contributed by atoms with Gasteiger partial charge in [0.05, 0.1) is 0 Å². The van der Waals surface area contributed by atoms with E-state index in [-0.39, 0.29) is 12.5 Å². The highest BCUT2D eigenvalue weighted by Gasteiger charge is 2.16. The lowest BCUT2D eigenvalue weighted by Crippen LogP contribution is -2.34. The molecule has 0 aliphatic heterocycles. The Morgan fingerprint density at radius 3 is 2.53 bits per heavy atom. The van der Waals surface area contributed by atoms with Gasteiger partial charge in [-0.25, -0.2) is 4.79 Å². The zero-order valence-electron chi connectivity index (χ0n) is 16.1. The Balaban J connectivity index is 1.48. The molecule has 0 aliphatic rings. The number of amides is 1. The van der Waals surface area contributed by atoms with E-state index < -0.39 is 5.63 Å². The van der Waals surface area contributed by atoms with E-state index >= 15 is 0 Å². The zero-order valence-corrected chi connectivity index (χ0v) is 16.1. The number of nitrogens with zero attached hydrogens (tertiary/aromatic N) is 3. The summed E-state index contributed by atoms with van der Waals surface area (Å²) in [6.45, 7) is 0.686. The van der Waals surface area contributed by atoms with E-state index in [1.54, 1.807) is 54.0 Å². The molecule has 4 rings (SSSR count). The fraction of sp³-hybridized carbons (Fsp3) is 0.130. The number of carbonyl (C=O) groups is 1. The van der Waals surface area contributed by atoms with Crippen molar-refractivity contribution < 1.29 is 13.9 Å². The Labute approximate surface area is 172 Å². The summed E-state index contributed by atoms with van der Waals surface area (Å²) in [5.41, 5.74) is 1.87. The van der Waals surface area contributed by atoms with Crippen LogP contribution in [0.3, 0.4) is 0 Å².